The standard InChI is InChI=1S/C18H15F3N2O4S/c19-18(20,21)12-6-4-5-11(9-12)14-10-22-16(24)15(14)17(25)23-28(26,27)13-7-2-1-3-8-13/h1-9,14-15H,10H2,(H,22,24)(H,23,25)/t14-,15-/m1/s1. The van der Waals surface area contributed by atoms with Crippen LogP contribution in [0.25, 0.3) is 0 Å². The number of benzene rings is 2. The second-order valence-corrected chi connectivity index (χ2v) is 7.92. The van der Waals surface area contributed by atoms with E-state index >= 15 is 0 Å². The summed E-state index contributed by atoms with van der Waals surface area (Å²) < 4.78 is 65.4. The molecule has 2 aromatic rings. The van der Waals surface area contributed by atoms with Gasteiger partial charge in [0, 0.05) is 12.5 Å². The fourth-order valence-electron chi connectivity index (χ4n) is 3.03. The Morgan fingerprint density at radius 1 is 1.07 bits per heavy atom. The molecule has 1 heterocycles. The molecule has 1 fully saturated rings. The van der Waals surface area contributed by atoms with Crippen molar-refractivity contribution in [3.8, 4) is 0 Å². The number of alkyl halides is 3. The van der Waals surface area contributed by atoms with E-state index in [1.807, 2.05) is 4.72 Å². The molecule has 1 aliphatic rings. The number of carbonyl (C=O) groups is 2. The first-order valence-electron chi connectivity index (χ1n) is 8.16. The van der Waals surface area contributed by atoms with Crippen molar-refractivity contribution in [2.45, 2.75) is 17.0 Å². The molecule has 2 amide bonds. The van der Waals surface area contributed by atoms with Gasteiger partial charge >= 0.3 is 6.18 Å². The first-order valence-corrected chi connectivity index (χ1v) is 9.64. The van der Waals surface area contributed by atoms with E-state index in [2.05, 4.69) is 5.32 Å². The van der Waals surface area contributed by atoms with E-state index in [9.17, 15) is 31.2 Å². The van der Waals surface area contributed by atoms with Crippen molar-refractivity contribution >= 4 is 21.8 Å². The van der Waals surface area contributed by atoms with E-state index in [0.29, 0.717) is 0 Å². The van der Waals surface area contributed by atoms with Crippen molar-refractivity contribution in [3.63, 3.8) is 0 Å². The number of hydrogen-bond donors (Lipinski definition) is 2. The van der Waals surface area contributed by atoms with Gasteiger partial charge in [-0.1, -0.05) is 36.4 Å². The van der Waals surface area contributed by atoms with Gasteiger partial charge in [-0.15, -0.1) is 0 Å². The van der Waals surface area contributed by atoms with Crippen LogP contribution in [-0.2, 0) is 25.8 Å². The van der Waals surface area contributed by atoms with Crippen molar-refractivity contribution in [2.75, 3.05) is 6.54 Å². The highest BCUT2D eigenvalue weighted by Crippen LogP contribution is 2.34. The summed E-state index contributed by atoms with van der Waals surface area (Å²) in [4.78, 5) is 24.5. The molecule has 2 aromatic carbocycles. The van der Waals surface area contributed by atoms with Gasteiger partial charge in [-0.05, 0) is 23.8 Å². The van der Waals surface area contributed by atoms with E-state index in [-0.39, 0.29) is 17.0 Å². The third-order valence-corrected chi connectivity index (χ3v) is 5.76. The van der Waals surface area contributed by atoms with Crippen LogP contribution in [0.3, 0.4) is 0 Å². The maximum Gasteiger partial charge on any atom is 0.416 e. The Bertz CT molecular complexity index is 1010. The lowest BCUT2D eigenvalue weighted by atomic mass is 9.87. The topological polar surface area (TPSA) is 92.3 Å². The second kappa shape index (κ2) is 7.27. The Hall–Kier alpha value is -2.88. The molecule has 0 unspecified atom stereocenters. The third kappa shape index (κ3) is 4.01. The van der Waals surface area contributed by atoms with Crippen molar-refractivity contribution in [3.05, 3.63) is 65.7 Å². The average Bonchev–Trinajstić information content (AvgIpc) is 3.03. The quantitative estimate of drug-likeness (QED) is 0.752. The van der Waals surface area contributed by atoms with Crippen LogP contribution < -0.4 is 10.0 Å². The molecule has 10 heteroatoms. The summed E-state index contributed by atoms with van der Waals surface area (Å²) >= 11 is 0. The van der Waals surface area contributed by atoms with E-state index in [4.69, 9.17) is 0 Å². The molecule has 0 aromatic heterocycles. The van der Waals surface area contributed by atoms with Crippen LogP contribution in [0.4, 0.5) is 13.2 Å². The minimum Gasteiger partial charge on any atom is -0.355 e. The van der Waals surface area contributed by atoms with Crippen LogP contribution in [0.1, 0.15) is 17.0 Å². The molecule has 1 aliphatic heterocycles. The van der Waals surface area contributed by atoms with Gasteiger partial charge in [0.15, 0.2) is 0 Å². The molecule has 0 radical (unpaired) electrons. The molecular formula is C18H15F3N2O4S. The van der Waals surface area contributed by atoms with E-state index < -0.39 is 45.4 Å². The smallest absolute Gasteiger partial charge is 0.355 e. The molecule has 3 rings (SSSR count). The first kappa shape index (κ1) is 19.9. The highest BCUT2D eigenvalue weighted by atomic mass is 32.2. The molecule has 0 spiro atoms. The van der Waals surface area contributed by atoms with Gasteiger partial charge in [0.2, 0.25) is 11.8 Å². The fourth-order valence-corrected chi connectivity index (χ4v) is 4.06. The lowest BCUT2D eigenvalue weighted by Gasteiger charge is -2.18. The molecule has 148 valence electrons. The number of rotatable bonds is 4. The summed E-state index contributed by atoms with van der Waals surface area (Å²) in [5, 5.41) is 2.41. The van der Waals surface area contributed by atoms with Crippen LogP contribution in [0, 0.1) is 5.92 Å². The van der Waals surface area contributed by atoms with E-state index in [0.717, 1.165) is 12.1 Å². The maximum atomic E-state index is 13.0. The van der Waals surface area contributed by atoms with Gasteiger partial charge in [-0.2, -0.15) is 13.2 Å². The summed E-state index contributed by atoms with van der Waals surface area (Å²) in [5.74, 6) is -4.24. The summed E-state index contributed by atoms with van der Waals surface area (Å²) in [7, 11) is -4.22. The monoisotopic (exact) mass is 412 g/mol. The number of nitrogens with one attached hydrogen (secondary N) is 2. The zero-order valence-electron chi connectivity index (χ0n) is 14.2. The predicted octanol–water partition coefficient (Wildman–Crippen LogP) is 2.04. The summed E-state index contributed by atoms with van der Waals surface area (Å²) in [6.07, 6.45) is -4.58. The Morgan fingerprint density at radius 3 is 2.39 bits per heavy atom. The van der Waals surface area contributed by atoms with Gasteiger partial charge in [0.25, 0.3) is 10.0 Å². The third-order valence-electron chi connectivity index (χ3n) is 4.39. The van der Waals surface area contributed by atoms with Gasteiger partial charge in [-0.3, -0.25) is 9.59 Å². The molecule has 0 bridgehead atoms. The second-order valence-electron chi connectivity index (χ2n) is 6.24. The van der Waals surface area contributed by atoms with Crippen molar-refractivity contribution in [1.82, 2.24) is 10.0 Å². The molecule has 0 saturated carbocycles. The number of hydrogen-bond acceptors (Lipinski definition) is 4. The highest BCUT2D eigenvalue weighted by Gasteiger charge is 2.43. The van der Waals surface area contributed by atoms with Crippen molar-refractivity contribution in [2.24, 2.45) is 5.92 Å². The molecule has 0 aliphatic carbocycles. The van der Waals surface area contributed by atoms with Gasteiger partial charge in [-0.25, -0.2) is 13.1 Å². The zero-order valence-corrected chi connectivity index (χ0v) is 15.0. The highest BCUT2D eigenvalue weighted by molar-refractivity contribution is 7.90. The van der Waals surface area contributed by atoms with Crippen molar-refractivity contribution in [1.29, 1.82) is 0 Å². The number of sulfonamides is 1. The van der Waals surface area contributed by atoms with Crippen molar-refractivity contribution < 1.29 is 31.2 Å². The van der Waals surface area contributed by atoms with Crippen LogP contribution in [0.15, 0.2) is 59.5 Å². The van der Waals surface area contributed by atoms with Crippen LogP contribution in [0.2, 0.25) is 0 Å². The largest absolute Gasteiger partial charge is 0.416 e. The summed E-state index contributed by atoms with van der Waals surface area (Å²) in [6, 6.07) is 11.3. The van der Waals surface area contributed by atoms with Crippen LogP contribution in [-0.4, -0.2) is 26.8 Å². The van der Waals surface area contributed by atoms with E-state index in [1.165, 1.54) is 36.4 Å². The number of carbonyl (C=O) groups excluding carboxylic acids is 2. The average molecular weight is 412 g/mol. The van der Waals surface area contributed by atoms with Gasteiger partial charge in [0.05, 0.1) is 10.5 Å². The molecule has 2 N–H and O–H groups in total. The van der Waals surface area contributed by atoms with Crippen LogP contribution in [0.5, 0.6) is 0 Å². The molecule has 2 atom stereocenters. The lowest BCUT2D eigenvalue weighted by Crippen LogP contribution is -2.40. The Kier molecular flexibility index (Phi) is 5.16. The maximum absolute atomic E-state index is 13.0. The number of halogens is 3. The summed E-state index contributed by atoms with van der Waals surface area (Å²) in [6.45, 7) is -0.0797. The first-order chi connectivity index (χ1) is 13.1. The molecule has 28 heavy (non-hydrogen) atoms. The number of amides is 2. The van der Waals surface area contributed by atoms with Crippen LogP contribution >= 0.6 is 0 Å². The molecule has 1 saturated heterocycles. The van der Waals surface area contributed by atoms with Gasteiger partial charge < -0.3 is 5.32 Å². The fraction of sp³-hybridized carbons (Fsp3) is 0.222. The van der Waals surface area contributed by atoms with E-state index in [1.54, 1.807) is 6.07 Å². The SMILES string of the molecule is O=C1NC[C@H](c2cccc(C(F)(F)F)c2)[C@H]1C(=O)NS(=O)(=O)c1ccccc1. The minimum atomic E-state index is -4.58. The molecular weight excluding hydrogens is 397 g/mol. The minimum absolute atomic E-state index is 0.0797. The normalized spacial score (nSPS) is 19.9. The molecule has 6 nitrogen and oxygen atoms in total. The summed E-state index contributed by atoms with van der Waals surface area (Å²) in [5.41, 5.74) is -0.800. The lowest BCUT2D eigenvalue weighted by molar-refractivity contribution is -0.137. The Morgan fingerprint density at radius 2 is 1.75 bits per heavy atom. The Labute approximate surface area is 158 Å². The van der Waals surface area contributed by atoms with Gasteiger partial charge in [0.1, 0.15) is 5.92 Å². The Balaban J connectivity index is 1.88. The zero-order chi connectivity index (χ0) is 20.5. The predicted molar refractivity (Wildman–Crippen MR) is 92.5 cm³/mol.